The molecule has 0 rings (SSSR count). The molecule has 0 saturated carbocycles. The zero-order valence-electron chi connectivity index (χ0n) is 20.3. The number of aliphatic hydroxyl groups is 3. The van der Waals surface area contributed by atoms with Gasteiger partial charge in [0.2, 0.25) is 5.91 Å². The molecule has 0 radical (unpaired) electrons. The SMILES string of the molecule is CO[C@@H](C(=O)N[C@@H](C)C(=O)NCCOC(=O)C(C)(C)C)[C@H](O)[C@@H](O)[C@H](O)/C=C/C(C)(C)C. The average Bonchev–Trinajstić information content (AvgIpc) is 2.67. The molecule has 0 spiro atoms. The molecule has 2 amide bonds. The minimum atomic E-state index is -1.74. The lowest BCUT2D eigenvalue weighted by atomic mass is 9.94. The molecule has 5 atom stereocenters. The third-order valence-electron chi connectivity index (χ3n) is 4.31. The molecule has 0 saturated heterocycles. The number of aliphatic hydroxyl groups excluding tert-OH is 3. The zero-order chi connectivity index (χ0) is 25.3. The standard InChI is InChI=1S/C22H40N2O8/c1-13(18(28)23-11-12-32-20(30)22(5,6)7)24-19(29)17(31-8)16(27)15(26)14(25)9-10-21(2,3)4/h9-10,13-17,25-27H,11-12H2,1-8H3,(H,23,28)(H,24,29)/b10-9+/t13-,14+,15-,16+,17+/m0/s1. The third kappa shape index (κ3) is 11.0. The Hall–Kier alpha value is -2.01. The van der Waals surface area contributed by atoms with Crippen LogP contribution >= 0.6 is 0 Å². The lowest BCUT2D eigenvalue weighted by Gasteiger charge is -2.28. The molecule has 0 heterocycles. The van der Waals surface area contributed by atoms with Crippen molar-refractivity contribution in [3.05, 3.63) is 12.2 Å². The second kappa shape index (κ2) is 12.9. The van der Waals surface area contributed by atoms with Gasteiger partial charge in [0.05, 0.1) is 12.0 Å². The quantitative estimate of drug-likeness (QED) is 0.163. The fourth-order valence-corrected chi connectivity index (χ4v) is 2.33. The van der Waals surface area contributed by atoms with Gasteiger partial charge in [0, 0.05) is 7.11 Å². The van der Waals surface area contributed by atoms with Gasteiger partial charge in [-0.05, 0) is 33.1 Å². The van der Waals surface area contributed by atoms with E-state index in [-0.39, 0.29) is 18.6 Å². The van der Waals surface area contributed by atoms with E-state index in [0.717, 1.165) is 7.11 Å². The molecule has 0 fully saturated rings. The summed E-state index contributed by atoms with van der Waals surface area (Å²) >= 11 is 0. The molecule has 0 aliphatic carbocycles. The molecule has 10 nitrogen and oxygen atoms in total. The number of rotatable bonds is 11. The van der Waals surface area contributed by atoms with E-state index in [0.29, 0.717) is 0 Å². The summed E-state index contributed by atoms with van der Waals surface area (Å²) < 4.78 is 10.0. The number of esters is 1. The molecule has 10 heteroatoms. The number of carbonyl (C=O) groups is 3. The number of amides is 2. The second-order valence-electron chi connectivity index (χ2n) is 9.76. The van der Waals surface area contributed by atoms with Crippen molar-refractivity contribution < 1.29 is 39.2 Å². The van der Waals surface area contributed by atoms with Crippen LogP contribution in [0.25, 0.3) is 0 Å². The van der Waals surface area contributed by atoms with Gasteiger partial charge in [0.25, 0.3) is 5.91 Å². The van der Waals surface area contributed by atoms with Crippen molar-refractivity contribution in [2.75, 3.05) is 20.3 Å². The summed E-state index contributed by atoms with van der Waals surface area (Å²) in [6.45, 7) is 12.3. The van der Waals surface area contributed by atoms with Gasteiger partial charge < -0.3 is 35.4 Å². The van der Waals surface area contributed by atoms with E-state index >= 15 is 0 Å². The van der Waals surface area contributed by atoms with Gasteiger partial charge in [-0.25, -0.2) is 0 Å². The van der Waals surface area contributed by atoms with Crippen molar-refractivity contribution >= 4 is 17.8 Å². The van der Waals surface area contributed by atoms with E-state index in [9.17, 15) is 29.7 Å². The minimum absolute atomic E-state index is 0.0198. The number of ether oxygens (including phenoxy) is 2. The molecule has 0 aliphatic heterocycles. The highest BCUT2D eigenvalue weighted by Gasteiger charge is 2.36. The summed E-state index contributed by atoms with van der Waals surface area (Å²) in [4.78, 5) is 36.3. The van der Waals surface area contributed by atoms with Crippen LogP contribution in [0.3, 0.4) is 0 Å². The highest BCUT2D eigenvalue weighted by Crippen LogP contribution is 2.17. The number of nitrogens with one attached hydrogen (secondary N) is 2. The molecule has 0 aliphatic rings. The van der Waals surface area contributed by atoms with Crippen molar-refractivity contribution in [3.63, 3.8) is 0 Å². The van der Waals surface area contributed by atoms with Crippen LogP contribution in [0.1, 0.15) is 48.5 Å². The molecule has 0 unspecified atom stereocenters. The van der Waals surface area contributed by atoms with Gasteiger partial charge in [0.15, 0.2) is 6.10 Å². The predicted octanol–water partition coefficient (Wildman–Crippen LogP) is -0.103. The summed E-state index contributed by atoms with van der Waals surface area (Å²) in [5.41, 5.74) is -0.903. The van der Waals surface area contributed by atoms with Crippen molar-refractivity contribution in [1.82, 2.24) is 10.6 Å². The van der Waals surface area contributed by atoms with E-state index in [4.69, 9.17) is 9.47 Å². The molecule has 0 aromatic rings. The lowest BCUT2D eigenvalue weighted by Crippen LogP contribution is -2.55. The average molecular weight is 461 g/mol. The molecule has 0 bridgehead atoms. The first kappa shape index (κ1) is 30.0. The highest BCUT2D eigenvalue weighted by molar-refractivity contribution is 5.89. The smallest absolute Gasteiger partial charge is 0.311 e. The van der Waals surface area contributed by atoms with Gasteiger partial charge >= 0.3 is 5.97 Å². The van der Waals surface area contributed by atoms with Crippen LogP contribution in [-0.2, 0) is 23.9 Å². The normalized spacial score (nSPS) is 17.2. The van der Waals surface area contributed by atoms with Gasteiger partial charge in [0.1, 0.15) is 31.0 Å². The Morgan fingerprint density at radius 3 is 2.00 bits per heavy atom. The van der Waals surface area contributed by atoms with E-state index in [1.807, 2.05) is 20.8 Å². The first-order chi connectivity index (χ1) is 14.5. The molecule has 186 valence electrons. The largest absolute Gasteiger partial charge is 0.463 e. The highest BCUT2D eigenvalue weighted by atomic mass is 16.5. The topological polar surface area (TPSA) is 154 Å². The fraction of sp³-hybridized carbons (Fsp3) is 0.773. The Morgan fingerprint density at radius 2 is 1.53 bits per heavy atom. The van der Waals surface area contributed by atoms with Crippen molar-refractivity contribution in [1.29, 1.82) is 0 Å². The van der Waals surface area contributed by atoms with Gasteiger partial charge in [-0.1, -0.05) is 32.9 Å². The maximum atomic E-state index is 12.4. The van der Waals surface area contributed by atoms with Crippen LogP contribution in [-0.4, -0.2) is 83.8 Å². The number of hydrogen-bond donors (Lipinski definition) is 5. The summed E-state index contributed by atoms with van der Waals surface area (Å²) in [5, 5.41) is 35.5. The molecular weight excluding hydrogens is 420 g/mol. The van der Waals surface area contributed by atoms with Crippen molar-refractivity contribution in [2.45, 2.75) is 78.9 Å². The molecular formula is C22H40N2O8. The van der Waals surface area contributed by atoms with E-state index in [1.165, 1.54) is 13.0 Å². The zero-order valence-corrected chi connectivity index (χ0v) is 20.3. The van der Waals surface area contributed by atoms with Crippen molar-refractivity contribution in [2.24, 2.45) is 10.8 Å². The summed E-state index contributed by atoms with van der Waals surface area (Å²) in [5.74, 6) is -1.78. The van der Waals surface area contributed by atoms with Gasteiger partial charge in [-0.3, -0.25) is 14.4 Å². The molecule has 32 heavy (non-hydrogen) atoms. The minimum Gasteiger partial charge on any atom is -0.463 e. The second-order valence-corrected chi connectivity index (χ2v) is 9.76. The summed E-state index contributed by atoms with van der Waals surface area (Å²) in [6, 6.07) is -0.992. The number of carbonyl (C=O) groups excluding carboxylic acids is 3. The first-order valence-corrected chi connectivity index (χ1v) is 10.5. The third-order valence-corrected chi connectivity index (χ3v) is 4.31. The monoisotopic (exact) mass is 460 g/mol. The summed E-state index contributed by atoms with van der Waals surface area (Å²) in [7, 11) is 1.16. The lowest BCUT2D eigenvalue weighted by molar-refractivity contribution is -0.153. The van der Waals surface area contributed by atoms with Gasteiger partial charge in [-0.15, -0.1) is 0 Å². The first-order valence-electron chi connectivity index (χ1n) is 10.5. The van der Waals surface area contributed by atoms with Crippen LogP contribution in [0.15, 0.2) is 12.2 Å². The summed E-state index contributed by atoms with van der Waals surface area (Å²) in [6.07, 6.45) is -3.38. The van der Waals surface area contributed by atoms with Crippen LogP contribution in [0.5, 0.6) is 0 Å². The Labute approximate surface area is 190 Å². The Morgan fingerprint density at radius 1 is 0.969 bits per heavy atom. The maximum absolute atomic E-state index is 12.4. The van der Waals surface area contributed by atoms with Crippen LogP contribution < -0.4 is 10.6 Å². The maximum Gasteiger partial charge on any atom is 0.311 e. The molecule has 0 aromatic carbocycles. The molecule has 5 N–H and O–H groups in total. The van der Waals surface area contributed by atoms with E-state index in [2.05, 4.69) is 10.6 Å². The Bertz CT molecular complexity index is 651. The van der Waals surface area contributed by atoms with E-state index < -0.39 is 53.7 Å². The predicted molar refractivity (Wildman–Crippen MR) is 118 cm³/mol. The number of allylic oxidation sites excluding steroid dienone is 1. The number of hydrogen-bond acceptors (Lipinski definition) is 8. The number of methoxy groups -OCH3 is 1. The van der Waals surface area contributed by atoms with Crippen LogP contribution in [0.2, 0.25) is 0 Å². The van der Waals surface area contributed by atoms with Gasteiger partial charge in [-0.2, -0.15) is 0 Å². The Kier molecular flexibility index (Phi) is 12.1. The Balaban J connectivity index is 4.75. The van der Waals surface area contributed by atoms with Crippen molar-refractivity contribution in [3.8, 4) is 0 Å². The molecule has 0 aromatic heterocycles. The fourth-order valence-electron chi connectivity index (χ4n) is 2.33. The van der Waals surface area contributed by atoms with Crippen LogP contribution in [0, 0.1) is 10.8 Å². The van der Waals surface area contributed by atoms with Crippen LogP contribution in [0.4, 0.5) is 0 Å². The van der Waals surface area contributed by atoms with E-state index in [1.54, 1.807) is 26.8 Å².